The highest BCUT2D eigenvalue weighted by atomic mass is 16.3. The lowest BCUT2D eigenvalue weighted by molar-refractivity contribution is -0.121. The maximum atomic E-state index is 11.6. The average molecular weight is 278 g/mol. The summed E-state index contributed by atoms with van der Waals surface area (Å²) in [6.07, 6.45) is 3.89. The lowest BCUT2D eigenvalue weighted by atomic mass is 10.0. The van der Waals surface area contributed by atoms with E-state index in [1.807, 2.05) is 31.2 Å². The SMILES string of the molecule is Cc1ccccc1C(O)CNC(=O)CCCCCCN. The molecular weight excluding hydrogens is 252 g/mol. The van der Waals surface area contributed by atoms with Gasteiger partial charge >= 0.3 is 0 Å². The van der Waals surface area contributed by atoms with Crippen LogP contribution in [0.5, 0.6) is 0 Å². The lowest BCUT2D eigenvalue weighted by Crippen LogP contribution is -2.28. The van der Waals surface area contributed by atoms with E-state index in [1.165, 1.54) is 0 Å². The molecule has 0 heterocycles. The molecule has 1 atom stereocenters. The number of nitrogens with one attached hydrogen (secondary N) is 1. The molecule has 0 aromatic heterocycles. The zero-order chi connectivity index (χ0) is 14.8. The van der Waals surface area contributed by atoms with Crippen LogP contribution in [0, 0.1) is 6.92 Å². The maximum absolute atomic E-state index is 11.6. The van der Waals surface area contributed by atoms with Crippen molar-refractivity contribution in [2.75, 3.05) is 13.1 Å². The zero-order valence-corrected chi connectivity index (χ0v) is 12.3. The van der Waals surface area contributed by atoms with E-state index in [1.54, 1.807) is 0 Å². The summed E-state index contributed by atoms with van der Waals surface area (Å²) >= 11 is 0. The minimum Gasteiger partial charge on any atom is -0.387 e. The van der Waals surface area contributed by atoms with E-state index in [0.717, 1.165) is 43.4 Å². The summed E-state index contributed by atoms with van der Waals surface area (Å²) in [5.74, 6) is 0.00498. The lowest BCUT2D eigenvalue weighted by Gasteiger charge is -2.14. The van der Waals surface area contributed by atoms with E-state index in [9.17, 15) is 9.90 Å². The molecule has 4 heteroatoms. The van der Waals surface area contributed by atoms with Gasteiger partial charge in [-0.2, -0.15) is 0 Å². The third-order valence-corrected chi connectivity index (χ3v) is 3.40. The zero-order valence-electron chi connectivity index (χ0n) is 12.3. The molecule has 1 aromatic carbocycles. The molecule has 0 fully saturated rings. The van der Waals surface area contributed by atoms with Crippen LogP contribution in [0.4, 0.5) is 0 Å². The Morgan fingerprint density at radius 1 is 1.25 bits per heavy atom. The summed E-state index contributed by atoms with van der Waals surface area (Å²) in [5.41, 5.74) is 7.32. The number of aliphatic hydroxyl groups is 1. The molecule has 112 valence electrons. The molecule has 0 radical (unpaired) electrons. The quantitative estimate of drug-likeness (QED) is 0.605. The second-order valence-corrected chi connectivity index (χ2v) is 5.13. The summed E-state index contributed by atoms with van der Waals surface area (Å²) in [4.78, 5) is 11.6. The van der Waals surface area contributed by atoms with Crippen LogP contribution < -0.4 is 11.1 Å². The van der Waals surface area contributed by atoms with Crippen LogP contribution in [-0.4, -0.2) is 24.1 Å². The molecule has 1 unspecified atom stereocenters. The van der Waals surface area contributed by atoms with Gasteiger partial charge in [-0.1, -0.05) is 37.1 Å². The molecule has 0 aliphatic heterocycles. The van der Waals surface area contributed by atoms with Crippen molar-refractivity contribution >= 4 is 5.91 Å². The van der Waals surface area contributed by atoms with Gasteiger partial charge < -0.3 is 16.2 Å². The summed E-state index contributed by atoms with van der Waals surface area (Å²) in [5, 5.41) is 12.8. The Morgan fingerprint density at radius 2 is 1.95 bits per heavy atom. The fourth-order valence-corrected chi connectivity index (χ4v) is 2.15. The molecule has 0 saturated carbocycles. The standard InChI is InChI=1S/C16H26N2O2/c1-13-8-5-6-9-14(13)15(19)12-18-16(20)10-4-2-3-7-11-17/h5-6,8-9,15,19H,2-4,7,10-12,17H2,1H3,(H,18,20). The van der Waals surface area contributed by atoms with Crippen LogP contribution in [-0.2, 0) is 4.79 Å². The van der Waals surface area contributed by atoms with Gasteiger partial charge in [0.05, 0.1) is 6.10 Å². The second kappa shape index (κ2) is 9.50. The van der Waals surface area contributed by atoms with Crippen molar-refractivity contribution in [2.45, 2.75) is 45.1 Å². The van der Waals surface area contributed by atoms with Crippen LogP contribution in [0.3, 0.4) is 0 Å². The van der Waals surface area contributed by atoms with Gasteiger partial charge in [-0.15, -0.1) is 0 Å². The van der Waals surface area contributed by atoms with Crippen molar-refractivity contribution < 1.29 is 9.90 Å². The van der Waals surface area contributed by atoms with E-state index < -0.39 is 6.10 Å². The summed E-state index contributed by atoms with van der Waals surface area (Å²) in [7, 11) is 0. The van der Waals surface area contributed by atoms with Crippen molar-refractivity contribution in [1.82, 2.24) is 5.32 Å². The van der Waals surface area contributed by atoms with Crippen molar-refractivity contribution in [1.29, 1.82) is 0 Å². The van der Waals surface area contributed by atoms with E-state index in [2.05, 4.69) is 5.32 Å². The first-order chi connectivity index (χ1) is 9.65. The normalized spacial score (nSPS) is 12.2. The minimum atomic E-state index is -0.641. The van der Waals surface area contributed by atoms with Crippen molar-refractivity contribution in [2.24, 2.45) is 5.73 Å². The van der Waals surface area contributed by atoms with Crippen LogP contribution >= 0.6 is 0 Å². The van der Waals surface area contributed by atoms with Crippen LogP contribution in [0.2, 0.25) is 0 Å². The fourth-order valence-electron chi connectivity index (χ4n) is 2.15. The summed E-state index contributed by atoms with van der Waals surface area (Å²) in [6.45, 7) is 2.94. The van der Waals surface area contributed by atoms with Crippen molar-refractivity contribution in [3.8, 4) is 0 Å². The number of hydrogen-bond donors (Lipinski definition) is 3. The molecule has 0 saturated heterocycles. The predicted octanol–water partition coefficient (Wildman–Crippen LogP) is 2.05. The van der Waals surface area contributed by atoms with Gasteiger partial charge in [0.15, 0.2) is 0 Å². The Bertz CT molecular complexity index is 407. The molecule has 4 N–H and O–H groups in total. The number of benzene rings is 1. The average Bonchev–Trinajstić information content (AvgIpc) is 2.45. The highest BCUT2D eigenvalue weighted by molar-refractivity contribution is 5.75. The van der Waals surface area contributed by atoms with Gasteiger partial charge in [0, 0.05) is 13.0 Å². The van der Waals surface area contributed by atoms with E-state index in [4.69, 9.17) is 5.73 Å². The largest absolute Gasteiger partial charge is 0.387 e. The molecule has 0 spiro atoms. The molecule has 0 bridgehead atoms. The van der Waals surface area contributed by atoms with E-state index in [0.29, 0.717) is 6.42 Å². The molecular formula is C16H26N2O2. The number of rotatable bonds is 9. The monoisotopic (exact) mass is 278 g/mol. The Balaban J connectivity index is 2.22. The third kappa shape index (κ3) is 6.17. The molecule has 0 aliphatic carbocycles. The number of nitrogens with two attached hydrogens (primary N) is 1. The predicted molar refractivity (Wildman–Crippen MR) is 81.3 cm³/mol. The number of hydrogen-bond acceptors (Lipinski definition) is 3. The second-order valence-electron chi connectivity index (χ2n) is 5.13. The van der Waals surface area contributed by atoms with Gasteiger partial charge in [0.25, 0.3) is 0 Å². The van der Waals surface area contributed by atoms with Crippen molar-refractivity contribution in [3.05, 3.63) is 35.4 Å². The minimum absolute atomic E-state index is 0.00498. The van der Waals surface area contributed by atoms with Gasteiger partial charge in [-0.25, -0.2) is 0 Å². The number of carbonyl (C=O) groups is 1. The van der Waals surface area contributed by atoms with E-state index in [-0.39, 0.29) is 12.5 Å². The molecule has 20 heavy (non-hydrogen) atoms. The van der Waals surface area contributed by atoms with Gasteiger partial charge in [0.2, 0.25) is 5.91 Å². The molecule has 1 amide bonds. The number of carbonyl (C=O) groups excluding carboxylic acids is 1. The Labute approximate surface area is 121 Å². The molecule has 1 aromatic rings. The number of aliphatic hydroxyl groups excluding tert-OH is 1. The molecule has 1 rings (SSSR count). The van der Waals surface area contributed by atoms with Crippen LogP contribution in [0.25, 0.3) is 0 Å². The van der Waals surface area contributed by atoms with Crippen LogP contribution in [0.15, 0.2) is 24.3 Å². The topological polar surface area (TPSA) is 75.3 Å². The van der Waals surface area contributed by atoms with Gasteiger partial charge in [0.1, 0.15) is 0 Å². The Kier molecular flexibility index (Phi) is 7.92. The summed E-state index contributed by atoms with van der Waals surface area (Å²) in [6, 6.07) is 7.67. The van der Waals surface area contributed by atoms with Gasteiger partial charge in [-0.05, 0) is 37.4 Å². The van der Waals surface area contributed by atoms with Crippen molar-refractivity contribution in [3.63, 3.8) is 0 Å². The third-order valence-electron chi connectivity index (χ3n) is 3.40. The Morgan fingerprint density at radius 3 is 2.65 bits per heavy atom. The first-order valence-electron chi connectivity index (χ1n) is 7.35. The highest BCUT2D eigenvalue weighted by Gasteiger charge is 2.11. The highest BCUT2D eigenvalue weighted by Crippen LogP contribution is 2.16. The maximum Gasteiger partial charge on any atom is 0.220 e. The Hall–Kier alpha value is -1.39. The van der Waals surface area contributed by atoms with Crippen LogP contribution in [0.1, 0.15) is 49.3 Å². The first kappa shape index (κ1) is 16.7. The smallest absolute Gasteiger partial charge is 0.220 e. The number of aryl methyl sites for hydroxylation is 1. The molecule has 4 nitrogen and oxygen atoms in total. The molecule has 0 aliphatic rings. The number of amides is 1. The fraction of sp³-hybridized carbons (Fsp3) is 0.562. The first-order valence-corrected chi connectivity index (χ1v) is 7.35. The summed E-state index contributed by atoms with van der Waals surface area (Å²) < 4.78 is 0. The van der Waals surface area contributed by atoms with Gasteiger partial charge in [-0.3, -0.25) is 4.79 Å². The van der Waals surface area contributed by atoms with E-state index >= 15 is 0 Å². The number of unbranched alkanes of at least 4 members (excludes halogenated alkanes) is 3.